The molecule has 1 saturated carbocycles. The first-order valence-corrected chi connectivity index (χ1v) is 13.8. The fraction of sp³-hybridized carbons (Fsp3) is 0.571. The van der Waals surface area contributed by atoms with Gasteiger partial charge >= 0.3 is 12.2 Å². The van der Waals surface area contributed by atoms with Gasteiger partial charge in [0.1, 0.15) is 0 Å². The van der Waals surface area contributed by atoms with Crippen molar-refractivity contribution in [2.45, 2.75) is 62.6 Å². The Morgan fingerprint density at radius 1 is 0.872 bits per heavy atom. The van der Waals surface area contributed by atoms with Gasteiger partial charge in [0.05, 0.1) is 35.6 Å². The Kier molecular flexibility index (Phi) is 6.63. The van der Waals surface area contributed by atoms with Gasteiger partial charge in [0, 0.05) is 51.0 Å². The van der Waals surface area contributed by atoms with E-state index in [1.165, 1.54) is 12.1 Å². The lowest BCUT2D eigenvalue weighted by molar-refractivity contribution is -0.138. The van der Waals surface area contributed by atoms with Gasteiger partial charge < -0.3 is 14.7 Å². The predicted molar refractivity (Wildman–Crippen MR) is 135 cm³/mol. The average Bonchev–Trinajstić information content (AvgIpc) is 3.30. The molecule has 0 bridgehead atoms. The van der Waals surface area contributed by atoms with E-state index in [0.717, 1.165) is 24.6 Å². The van der Waals surface area contributed by atoms with Gasteiger partial charge in [-0.05, 0) is 43.7 Å². The number of carbonyl (C=O) groups is 3. The lowest BCUT2D eigenvalue weighted by Crippen LogP contribution is -2.46. The summed E-state index contributed by atoms with van der Waals surface area (Å²) in [6, 6.07) is 5.62. The highest BCUT2D eigenvalue weighted by molar-refractivity contribution is 5.95. The van der Waals surface area contributed by atoms with Crippen LogP contribution in [-0.4, -0.2) is 81.5 Å². The predicted octanol–water partition coefficient (Wildman–Crippen LogP) is 4.44. The van der Waals surface area contributed by atoms with E-state index in [2.05, 4.69) is 5.10 Å². The molecule has 3 saturated heterocycles. The first-order chi connectivity index (χ1) is 18.7. The second-order valence-electron chi connectivity index (χ2n) is 11.2. The summed E-state index contributed by atoms with van der Waals surface area (Å²) in [4.78, 5) is 43.1. The second kappa shape index (κ2) is 9.98. The summed E-state index contributed by atoms with van der Waals surface area (Å²) in [5.74, 6) is -0.179. The summed E-state index contributed by atoms with van der Waals surface area (Å²) in [7, 11) is 0. The molecule has 8 nitrogen and oxygen atoms in total. The third-order valence-corrected chi connectivity index (χ3v) is 8.59. The fourth-order valence-electron chi connectivity index (χ4n) is 6.37. The number of Topliss-reactive ketones (excluding diaryl/α,β-unsaturated/α-hetero) is 1. The Morgan fingerprint density at radius 3 is 2.26 bits per heavy atom. The van der Waals surface area contributed by atoms with Gasteiger partial charge in [0.15, 0.2) is 5.78 Å². The molecule has 4 aliphatic rings. The van der Waals surface area contributed by atoms with E-state index in [-0.39, 0.29) is 54.3 Å². The molecule has 4 heterocycles. The number of alkyl halides is 3. The third-order valence-electron chi connectivity index (χ3n) is 8.59. The molecule has 0 unspecified atom stereocenters. The molecule has 1 atom stereocenters. The van der Waals surface area contributed by atoms with Crippen LogP contribution in [0.4, 0.5) is 18.0 Å². The second-order valence-corrected chi connectivity index (χ2v) is 11.2. The van der Waals surface area contributed by atoms with Gasteiger partial charge in [0.2, 0.25) is 0 Å². The highest BCUT2D eigenvalue weighted by Crippen LogP contribution is 2.44. The zero-order valence-corrected chi connectivity index (χ0v) is 21.7. The summed E-state index contributed by atoms with van der Waals surface area (Å²) < 4.78 is 42.7. The fourth-order valence-corrected chi connectivity index (χ4v) is 6.37. The molecule has 0 radical (unpaired) electrons. The molecule has 11 heteroatoms. The van der Waals surface area contributed by atoms with Crippen LogP contribution in [0.1, 0.15) is 83.6 Å². The molecule has 0 N–H and O–H groups in total. The van der Waals surface area contributed by atoms with Crippen molar-refractivity contribution in [2.75, 3.05) is 39.3 Å². The van der Waals surface area contributed by atoms with E-state index in [0.29, 0.717) is 57.4 Å². The minimum atomic E-state index is -4.43. The molecule has 3 aliphatic heterocycles. The maximum atomic E-state index is 13.6. The lowest BCUT2D eigenvalue weighted by Gasteiger charge is -2.35. The van der Waals surface area contributed by atoms with Crippen molar-refractivity contribution in [1.82, 2.24) is 24.5 Å². The molecule has 0 spiro atoms. The Labute approximate surface area is 224 Å². The molecule has 1 aromatic heterocycles. The van der Waals surface area contributed by atoms with E-state index in [4.69, 9.17) is 0 Å². The summed E-state index contributed by atoms with van der Waals surface area (Å²) in [5.41, 5.74) is 1.10. The maximum absolute atomic E-state index is 13.6. The van der Waals surface area contributed by atoms with Crippen molar-refractivity contribution in [3.05, 3.63) is 52.8 Å². The molecule has 1 aromatic carbocycles. The van der Waals surface area contributed by atoms with Crippen LogP contribution in [-0.2, 0) is 11.0 Å². The summed E-state index contributed by atoms with van der Waals surface area (Å²) in [6.45, 7) is 2.45. The minimum absolute atomic E-state index is 0.0661. The van der Waals surface area contributed by atoms with E-state index >= 15 is 0 Å². The van der Waals surface area contributed by atoms with Crippen molar-refractivity contribution >= 4 is 17.7 Å². The van der Waals surface area contributed by atoms with E-state index < -0.39 is 11.7 Å². The minimum Gasteiger partial charge on any atom is -0.338 e. The Bertz CT molecular complexity index is 1280. The van der Waals surface area contributed by atoms with Crippen LogP contribution < -0.4 is 0 Å². The number of piperidine rings is 1. The number of hydrogen-bond acceptors (Lipinski definition) is 4. The monoisotopic (exact) mass is 543 g/mol. The molecule has 208 valence electrons. The summed E-state index contributed by atoms with van der Waals surface area (Å²) in [6.07, 6.45) is 1.48. The maximum Gasteiger partial charge on any atom is 0.416 e. The number of aromatic nitrogens is 2. The topological polar surface area (TPSA) is 78.8 Å². The van der Waals surface area contributed by atoms with E-state index in [9.17, 15) is 27.6 Å². The highest BCUT2D eigenvalue weighted by atomic mass is 19.4. The number of hydrogen-bond donors (Lipinski definition) is 0. The van der Waals surface area contributed by atoms with Crippen LogP contribution in [0.2, 0.25) is 0 Å². The van der Waals surface area contributed by atoms with Crippen LogP contribution in [0.15, 0.2) is 30.5 Å². The quantitative estimate of drug-likeness (QED) is 0.571. The number of urea groups is 1. The van der Waals surface area contributed by atoms with Gasteiger partial charge in [-0.2, -0.15) is 18.3 Å². The number of nitrogens with zero attached hydrogens (tertiary/aromatic N) is 5. The molecule has 4 fully saturated rings. The normalized spacial score (nSPS) is 22.7. The number of benzene rings is 1. The third kappa shape index (κ3) is 5.03. The number of rotatable bonds is 4. The Morgan fingerprint density at radius 2 is 1.59 bits per heavy atom. The standard InChI is InChI=1S/C28H32F3N5O3/c29-28(30,31)24-4-2-1-3-22(24)19-7-11-34(16-19)26(38)23-15-32-36(25(23)18-5-6-18)20-8-12-33(13-9-20)27(39)35-14-10-21(37)17-35/h1-4,15,18-20H,5-14,16-17H2/t19-/m1/s1. The molecular formula is C28H32F3N5O3. The van der Waals surface area contributed by atoms with Crippen LogP contribution >= 0.6 is 0 Å². The lowest BCUT2D eigenvalue weighted by atomic mass is 9.93. The van der Waals surface area contributed by atoms with Crippen molar-refractivity contribution < 1.29 is 27.6 Å². The van der Waals surface area contributed by atoms with Crippen LogP contribution in [0, 0.1) is 0 Å². The summed E-state index contributed by atoms with van der Waals surface area (Å²) >= 11 is 0. The average molecular weight is 544 g/mol. The van der Waals surface area contributed by atoms with Crippen LogP contribution in [0.5, 0.6) is 0 Å². The Hall–Kier alpha value is -3.37. The molecular weight excluding hydrogens is 511 g/mol. The van der Waals surface area contributed by atoms with Gasteiger partial charge in [-0.3, -0.25) is 14.3 Å². The SMILES string of the molecule is O=C1CCN(C(=O)N2CCC(n3ncc(C(=O)N4CC[C@@H](c5ccccc5C(F)(F)F)C4)c3C3CC3)CC2)C1. The van der Waals surface area contributed by atoms with Gasteiger partial charge in [0.25, 0.3) is 5.91 Å². The van der Waals surface area contributed by atoms with Gasteiger partial charge in [-0.15, -0.1) is 0 Å². The molecule has 3 amide bonds. The number of amides is 3. The van der Waals surface area contributed by atoms with Crippen molar-refractivity contribution in [3.8, 4) is 0 Å². The molecule has 2 aromatic rings. The molecule has 39 heavy (non-hydrogen) atoms. The molecule has 6 rings (SSSR count). The first kappa shape index (κ1) is 25.9. The summed E-state index contributed by atoms with van der Waals surface area (Å²) in [5, 5.41) is 4.64. The smallest absolute Gasteiger partial charge is 0.338 e. The first-order valence-electron chi connectivity index (χ1n) is 13.8. The van der Waals surface area contributed by atoms with E-state index in [1.807, 2.05) is 4.68 Å². The number of halogens is 3. The van der Waals surface area contributed by atoms with E-state index in [1.54, 1.807) is 27.0 Å². The number of ketones is 1. The zero-order valence-electron chi connectivity index (χ0n) is 21.7. The van der Waals surface area contributed by atoms with Crippen molar-refractivity contribution in [3.63, 3.8) is 0 Å². The Balaban J connectivity index is 1.15. The van der Waals surface area contributed by atoms with Gasteiger partial charge in [-0.1, -0.05) is 18.2 Å². The van der Waals surface area contributed by atoms with Crippen molar-refractivity contribution in [1.29, 1.82) is 0 Å². The van der Waals surface area contributed by atoms with Crippen LogP contribution in [0.25, 0.3) is 0 Å². The number of carbonyl (C=O) groups excluding carboxylic acids is 3. The highest BCUT2D eigenvalue weighted by Gasteiger charge is 2.40. The molecule has 1 aliphatic carbocycles. The number of likely N-dealkylation sites (tertiary alicyclic amines) is 3. The largest absolute Gasteiger partial charge is 0.416 e. The van der Waals surface area contributed by atoms with Crippen LogP contribution in [0.3, 0.4) is 0 Å². The van der Waals surface area contributed by atoms with Crippen molar-refractivity contribution in [2.24, 2.45) is 0 Å². The zero-order chi connectivity index (χ0) is 27.3. The van der Waals surface area contributed by atoms with Gasteiger partial charge in [-0.25, -0.2) is 4.79 Å².